The Kier molecular flexibility index (Phi) is 5.09. The lowest BCUT2D eigenvalue weighted by atomic mass is 10.3. The van der Waals surface area contributed by atoms with Crippen LogP contribution in [0.5, 0.6) is 0 Å². The lowest BCUT2D eigenvalue weighted by Gasteiger charge is -2.09. The molecule has 0 saturated carbocycles. The predicted molar refractivity (Wildman–Crippen MR) is 94.9 cm³/mol. The van der Waals surface area contributed by atoms with Crippen molar-refractivity contribution in [2.45, 2.75) is 4.90 Å². The highest BCUT2D eigenvalue weighted by Crippen LogP contribution is 2.21. The van der Waals surface area contributed by atoms with Crippen molar-refractivity contribution < 1.29 is 4.79 Å². The molecule has 0 atom stereocenters. The molecule has 7 heteroatoms. The Morgan fingerprint density at radius 1 is 1.17 bits per heavy atom. The molecule has 0 aliphatic rings. The maximum Gasteiger partial charge on any atom is 0.234 e. The summed E-state index contributed by atoms with van der Waals surface area (Å²) in [6, 6.07) is 13.3. The van der Waals surface area contributed by atoms with Crippen LogP contribution in [-0.4, -0.2) is 26.4 Å². The van der Waals surface area contributed by atoms with Crippen molar-refractivity contribution >= 4 is 39.3 Å². The summed E-state index contributed by atoms with van der Waals surface area (Å²) in [6.07, 6.45) is 5.13. The van der Waals surface area contributed by atoms with Crippen LogP contribution >= 0.6 is 27.7 Å². The summed E-state index contributed by atoms with van der Waals surface area (Å²) in [5, 5.41) is 7.04. The molecule has 0 saturated heterocycles. The van der Waals surface area contributed by atoms with Gasteiger partial charge in [0.05, 0.1) is 11.4 Å². The van der Waals surface area contributed by atoms with Gasteiger partial charge < -0.3 is 5.32 Å². The van der Waals surface area contributed by atoms with E-state index in [1.807, 2.05) is 36.4 Å². The van der Waals surface area contributed by atoms with Crippen LogP contribution in [0.4, 0.5) is 5.69 Å². The van der Waals surface area contributed by atoms with Crippen LogP contribution in [-0.2, 0) is 4.79 Å². The van der Waals surface area contributed by atoms with Gasteiger partial charge in [-0.25, -0.2) is 9.67 Å². The van der Waals surface area contributed by atoms with Gasteiger partial charge in [-0.3, -0.25) is 4.79 Å². The summed E-state index contributed by atoms with van der Waals surface area (Å²) >= 11 is 4.88. The van der Waals surface area contributed by atoms with E-state index >= 15 is 0 Å². The second-order valence-corrected chi connectivity index (χ2v) is 6.58. The monoisotopic (exact) mass is 388 g/mol. The van der Waals surface area contributed by atoms with Gasteiger partial charge in [0.15, 0.2) is 5.82 Å². The third-order valence-corrected chi connectivity index (χ3v) is 4.51. The number of hydrogen-bond acceptors (Lipinski definition) is 4. The van der Waals surface area contributed by atoms with Gasteiger partial charge in [-0.2, -0.15) is 5.10 Å². The summed E-state index contributed by atoms with van der Waals surface area (Å²) in [4.78, 5) is 17.5. The molecule has 5 nitrogen and oxygen atoms in total. The molecule has 3 aromatic rings. The van der Waals surface area contributed by atoms with Gasteiger partial charge in [-0.15, -0.1) is 11.8 Å². The van der Waals surface area contributed by atoms with E-state index in [2.05, 4.69) is 31.3 Å². The van der Waals surface area contributed by atoms with Crippen LogP contribution in [0.3, 0.4) is 0 Å². The summed E-state index contributed by atoms with van der Waals surface area (Å²) in [5.74, 6) is 0.841. The van der Waals surface area contributed by atoms with E-state index in [0.29, 0.717) is 17.3 Å². The highest BCUT2D eigenvalue weighted by Gasteiger charge is 2.10. The number of thioether (sulfide) groups is 1. The average molecular weight is 389 g/mol. The standard InChI is InChI=1S/C16H13BrN4OS/c17-12-4-6-13(7-5-12)23-11-15(22)20-14-3-1-8-18-16(14)21-10-2-9-19-21/h1-10H,11H2,(H,20,22). The third kappa shape index (κ3) is 4.20. The van der Waals surface area contributed by atoms with Crippen molar-refractivity contribution in [3.8, 4) is 5.82 Å². The largest absolute Gasteiger partial charge is 0.322 e. The molecular weight excluding hydrogens is 376 g/mol. The topological polar surface area (TPSA) is 59.8 Å². The number of carbonyl (C=O) groups is 1. The number of aromatic nitrogens is 3. The molecule has 23 heavy (non-hydrogen) atoms. The first-order valence-electron chi connectivity index (χ1n) is 6.85. The van der Waals surface area contributed by atoms with Crippen LogP contribution in [0.1, 0.15) is 0 Å². The number of anilines is 1. The number of halogens is 1. The molecule has 0 fully saturated rings. The first kappa shape index (κ1) is 15.8. The molecule has 116 valence electrons. The smallest absolute Gasteiger partial charge is 0.234 e. The van der Waals surface area contributed by atoms with E-state index in [0.717, 1.165) is 9.37 Å². The molecule has 2 heterocycles. The molecule has 1 N–H and O–H groups in total. The maximum atomic E-state index is 12.2. The minimum absolute atomic E-state index is 0.0840. The number of nitrogens with one attached hydrogen (secondary N) is 1. The second kappa shape index (κ2) is 7.43. The van der Waals surface area contributed by atoms with Gasteiger partial charge in [0.25, 0.3) is 0 Å². The molecule has 0 aliphatic carbocycles. The number of hydrogen-bond donors (Lipinski definition) is 1. The zero-order chi connectivity index (χ0) is 16.1. The van der Waals surface area contributed by atoms with Gasteiger partial charge in [-0.05, 0) is 42.5 Å². The summed E-state index contributed by atoms with van der Waals surface area (Å²) < 4.78 is 2.64. The van der Waals surface area contributed by atoms with Gasteiger partial charge >= 0.3 is 0 Å². The van der Waals surface area contributed by atoms with Crippen LogP contribution in [0, 0.1) is 0 Å². The molecule has 0 unspecified atom stereocenters. The minimum atomic E-state index is -0.0840. The van der Waals surface area contributed by atoms with Crippen molar-refractivity contribution in [2.24, 2.45) is 0 Å². The molecule has 0 spiro atoms. The number of rotatable bonds is 5. The van der Waals surface area contributed by atoms with Gasteiger partial charge in [0.1, 0.15) is 0 Å². The lowest BCUT2D eigenvalue weighted by Crippen LogP contribution is -2.16. The molecule has 0 radical (unpaired) electrons. The van der Waals surface area contributed by atoms with E-state index < -0.39 is 0 Å². The second-order valence-electron chi connectivity index (χ2n) is 4.62. The van der Waals surface area contributed by atoms with E-state index in [1.54, 1.807) is 29.3 Å². The van der Waals surface area contributed by atoms with Crippen LogP contribution in [0.15, 0.2) is 70.4 Å². The molecule has 3 rings (SSSR count). The Morgan fingerprint density at radius 3 is 2.74 bits per heavy atom. The third-order valence-electron chi connectivity index (χ3n) is 2.97. The summed E-state index contributed by atoms with van der Waals surface area (Å²) in [6.45, 7) is 0. The summed E-state index contributed by atoms with van der Waals surface area (Å²) in [7, 11) is 0. The molecular formula is C16H13BrN4OS. The van der Waals surface area contributed by atoms with Crippen LogP contribution < -0.4 is 5.32 Å². The highest BCUT2D eigenvalue weighted by molar-refractivity contribution is 9.10. The Balaban J connectivity index is 1.65. The van der Waals surface area contributed by atoms with Crippen molar-refractivity contribution in [1.82, 2.24) is 14.8 Å². The Hall–Kier alpha value is -2.12. The number of pyridine rings is 1. The fraction of sp³-hybridized carbons (Fsp3) is 0.0625. The van der Waals surface area contributed by atoms with Crippen molar-refractivity contribution in [2.75, 3.05) is 11.1 Å². The molecule has 1 aromatic carbocycles. The Labute approximate surface area is 146 Å². The normalized spacial score (nSPS) is 10.5. The zero-order valence-corrected chi connectivity index (χ0v) is 14.4. The minimum Gasteiger partial charge on any atom is -0.322 e. The van der Waals surface area contributed by atoms with E-state index in [9.17, 15) is 4.79 Å². The fourth-order valence-corrected chi connectivity index (χ4v) is 2.90. The predicted octanol–water partition coefficient (Wildman–Crippen LogP) is 3.76. The molecule has 0 bridgehead atoms. The maximum absolute atomic E-state index is 12.2. The number of carbonyl (C=O) groups excluding carboxylic acids is 1. The Bertz CT molecular complexity index is 790. The molecule has 1 amide bonds. The first-order valence-corrected chi connectivity index (χ1v) is 8.63. The van der Waals surface area contributed by atoms with Gasteiger partial charge in [-0.1, -0.05) is 15.9 Å². The molecule has 2 aromatic heterocycles. The Morgan fingerprint density at radius 2 is 2.00 bits per heavy atom. The first-order chi connectivity index (χ1) is 11.2. The van der Waals surface area contributed by atoms with Crippen molar-refractivity contribution in [3.05, 3.63) is 65.5 Å². The van der Waals surface area contributed by atoms with Gasteiger partial charge in [0.2, 0.25) is 5.91 Å². The van der Waals surface area contributed by atoms with E-state index in [4.69, 9.17) is 0 Å². The number of benzene rings is 1. The van der Waals surface area contributed by atoms with Crippen LogP contribution in [0.25, 0.3) is 5.82 Å². The summed E-state index contributed by atoms with van der Waals surface area (Å²) in [5.41, 5.74) is 0.637. The molecule has 0 aliphatic heterocycles. The highest BCUT2D eigenvalue weighted by atomic mass is 79.9. The van der Waals surface area contributed by atoms with E-state index in [1.165, 1.54) is 11.8 Å². The van der Waals surface area contributed by atoms with Gasteiger partial charge in [0, 0.05) is 28.0 Å². The average Bonchev–Trinajstić information content (AvgIpc) is 3.09. The fourth-order valence-electron chi connectivity index (χ4n) is 1.94. The van der Waals surface area contributed by atoms with Crippen molar-refractivity contribution in [3.63, 3.8) is 0 Å². The zero-order valence-electron chi connectivity index (χ0n) is 12.0. The lowest BCUT2D eigenvalue weighted by molar-refractivity contribution is -0.113. The SMILES string of the molecule is O=C(CSc1ccc(Br)cc1)Nc1cccnc1-n1cccn1. The van der Waals surface area contributed by atoms with E-state index in [-0.39, 0.29) is 5.91 Å². The van der Waals surface area contributed by atoms with Crippen LogP contribution in [0.2, 0.25) is 0 Å². The van der Waals surface area contributed by atoms with Crippen molar-refractivity contribution in [1.29, 1.82) is 0 Å². The number of nitrogens with zero attached hydrogens (tertiary/aromatic N) is 3. The quantitative estimate of drug-likeness (QED) is 0.675. The number of amides is 1.